The highest BCUT2D eigenvalue weighted by atomic mass is 16.6. The molecule has 3 atom stereocenters. The van der Waals surface area contributed by atoms with E-state index < -0.39 is 10.9 Å². The van der Waals surface area contributed by atoms with Crippen molar-refractivity contribution in [2.75, 3.05) is 6.54 Å². The zero-order valence-electron chi connectivity index (χ0n) is 14.9. The molecule has 2 aromatic rings. The molecule has 28 heavy (non-hydrogen) atoms. The summed E-state index contributed by atoms with van der Waals surface area (Å²) in [6.45, 7) is 0.725. The van der Waals surface area contributed by atoms with Gasteiger partial charge in [0.2, 0.25) is 0 Å². The van der Waals surface area contributed by atoms with Gasteiger partial charge in [0, 0.05) is 37.1 Å². The number of piperidine rings is 1. The van der Waals surface area contributed by atoms with Crippen LogP contribution in [0.25, 0.3) is 0 Å². The maximum absolute atomic E-state index is 12.2. The molecule has 1 saturated heterocycles. The summed E-state index contributed by atoms with van der Waals surface area (Å²) in [6, 6.07) is 14.8. The number of ether oxygens (including phenoxy) is 2. The van der Waals surface area contributed by atoms with Crippen LogP contribution in [-0.2, 0) is 16.1 Å². The van der Waals surface area contributed by atoms with Gasteiger partial charge in [0.1, 0.15) is 12.7 Å². The summed E-state index contributed by atoms with van der Waals surface area (Å²) in [5, 5.41) is 10.7. The van der Waals surface area contributed by atoms with E-state index in [2.05, 4.69) is 0 Å². The number of fused-ring (bicyclic) bond motifs is 1. The molecule has 0 aromatic heterocycles. The molecule has 1 saturated carbocycles. The highest BCUT2D eigenvalue weighted by molar-refractivity contribution is 5.89. The van der Waals surface area contributed by atoms with Crippen molar-refractivity contribution in [3.8, 4) is 0 Å². The SMILES string of the molecule is O=C(O[C@@H]1C[C@@H]2[C@H]1CN2C(=O)OCc1ccccc1)c1ccc([N+](=O)[O-])cc1. The molecular formula is C20H18N2O6. The first-order chi connectivity index (χ1) is 13.5. The van der Waals surface area contributed by atoms with Crippen LogP contribution in [0.1, 0.15) is 22.3 Å². The van der Waals surface area contributed by atoms with Crippen molar-refractivity contribution in [1.29, 1.82) is 0 Å². The molecule has 0 spiro atoms. The lowest BCUT2D eigenvalue weighted by atomic mass is 9.68. The van der Waals surface area contributed by atoms with E-state index in [4.69, 9.17) is 9.47 Å². The van der Waals surface area contributed by atoms with Gasteiger partial charge in [-0.15, -0.1) is 0 Å². The monoisotopic (exact) mass is 382 g/mol. The number of hydrogen-bond acceptors (Lipinski definition) is 6. The first-order valence-corrected chi connectivity index (χ1v) is 8.95. The standard InChI is InChI=1S/C20H18N2O6/c23-19(14-6-8-15(9-7-14)22(25)26)28-18-10-17-16(18)11-21(17)20(24)27-12-13-4-2-1-3-5-13/h1-9,16-18H,10-12H2/t16-,17-,18-/m1/s1. The van der Waals surface area contributed by atoms with Crippen molar-refractivity contribution in [2.45, 2.75) is 25.2 Å². The quantitative estimate of drug-likeness (QED) is 0.447. The van der Waals surface area contributed by atoms with Gasteiger partial charge >= 0.3 is 12.1 Å². The van der Waals surface area contributed by atoms with Crippen molar-refractivity contribution in [2.24, 2.45) is 5.92 Å². The number of carbonyl (C=O) groups is 2. The van der Waals surface area contributed by atoms with E-state index in [0.717, 1.165) is 5.56 Å². The Morgan fingerprint density at radius 3 is 2.43 bits per heavy atom. The smallest absolute Gasteiger partial charge is 0.410 e. The Morgan fingerprint density at radius 2 is 1.82 bits per heavy atom. The molecule has 0 bridgehead atoms. The van der Waals surface area contributed by atoms with Gasteiger partial charge in [-0.1, -0.05) is 30.3 Å². The summed E-state index contributed by atoms with van der Waals surface area (Å²) in [5.74, 6) is -0.394. The van der Waals surface area contributed by atoms with Crippen LogP contribution in [0.5, 0.6) is 0 Å². The van der Waals surface area contributed by atoms with Crippen molar-refractivity contribution in [3.63, 3.8) is 0 Å². The van der Waals surface area contributed by atoms with Gasteiger partial charge in [0.15, 0.2) is 0 Å². The van der Waals surface area contributed by atoms with E-state index in [9.17, 15) is 19.7 Å². The second-order valence-electron chi connectivity index (χ2n) is 6.91. The maximum atomic E-state index is 12.2. The van der Waals surface area contributed by atoms with E-state index in [0.29, 0.717) is 13.0 Å². The third-order valence-corrected chi connectivity index (χ3v) is 5.27. The minimum Gasteiger partial charge on any atom is -0.458 e. The Labute approximate surface area is 160 Å². The van der Waals surface area contributed by atoms with Gasteiger partial charge in [-0.3, -0.25) is 10.1 Å². The molecule has 1 heterocycles. The first kappa shape index (κ1) is 18.0. The number of hydrogen-bond donors (Lipinski definition) is 0. The largest absolute Gasteiger partial charge is 0.458 e. The molecule has 1 amide bonds. The lowest BCUT2D eigenvalue weighted by Crippen LogP contribution is -2.71. The van der Waals surface area contributed by atoms with Crippen LogP contribution in [0.3, 0.4) is 0 Å². The van der Waals surface area contributed by atoms with Crippen molar-refractivity contribution in [3.05, 3.63) is 75.8 Å². The predicted octanol–water partition coefficient (Wildman–Crippen LogP) is 3.16. The lowest BCUT2D eigenvalue weighted by Gasteiger charge is -2.58. The van der Waals surface area contributed by atoms with Crippen LogP contribution in [-0.4, -0.2) is 40.6 Å². The molecule has 2 fully saturated rings. The zero-order chi connectivity index (χ0) is 19.7. The number of nitro benzene ring substituents is 1. The van der Waals surface area contributed by atoms with E-state index in [1.54, 1.807) is 4.90 Å². The Balaban J connectivity index is 1.24. The molecule has 144 valence electrons. The molecule has 0 N–H and O–H groups in total. The zero-order valence-corrected chi connectivity index (χ0v) is 14.9. The van der Waals surface area contributed by atoms with Crippen LogP contribution in [0.15, 0.2) is 54.6 Å². The highest BCUT2D eigenvalue weighted by Crippen LogP contribution is 2.44. The summed E-state index contributed by atoms with van der Waals surface area (Å²) in [4.78, 5) is 36.1. The summed E-state index contributed by atoms with van der Waals surface area (Å²) in [7, 11) is 0. The minimum atomic E-state index is -0.522. The molecular weight excluding hydrogens is 364 g/mol. The van der Waals surface area contributed by atoms with Gasteiger partial charge in [-0.2, -0.15) is 0 Å². The second kappa shape index (κ2) is 7.30. The van der Waals surface area contributed by atoms with Gasteiger partial charge in [0.05, 0.1) is 10.5 Å². The Kier molecular flexibility index (Phi) is 4.68. The third-order valence-electron chi connectivity index (χ3n) is 5.27. The van der Waals surface area contributed by atoms with Gasteiger partial charge in [-0.05, 0) is 17.7 Å². The Bertz CT molecular complexity index is 899. The average molecular weight is 382 g/mol. The maximum Gasteiger partial charge on any atom is 0.410 e. The summed E-state index contributed by atoms with van der Waals surface area (Å²) < 4.78 is 10.8. The van der Waals surface area contributed by atoms with Crippen LogP contribution < -0.4 is 0 Å². The lowest BCUT2D eigenvalue weighted by molar-refractivity contribution is -0.384. The minimum absolute atomic E-state index is 0.0398. The third kappa shape index (κ3) is 3.40. The molecule has 1 aliphatic heterocycles. The molecule has 0 radical (unpaired) electrons. The number of non-ortho nitro benzene ring substituents is 1. The summed E-state index contributed by atoms with van der Waals surface area (Å²) >= 11 is 0. The second-order valence-corrected chi connectivity index (χ2v) is 6.91. The van der Waals surface area contributed by atoms with Gasteiger partial charge < -0.3 is 14.4 Å². The van der Waals surface area contributed by atoms with E-state index in [1.165, 1.54) is 24.3 Å². The molecule has 8 nitrogen and oxygen atoms in total. The van der Waals surface area contributed by atoms with Crippen LogP contribution in [0, 0.1) is 16.0 Å². The van der Waals surface area contributed by atoms with Crippen molar-refractivity contribution < 1.29 is 24.0 Å². The Hall–Kier alpha value is -3.42. The van der Waals surface area contributed by atoms with Crippen LogP contribution in [0.4, 0.5) is 10.5 Å². The van der Waals surface area contributed by atoms with Crippen LogP contribution in [0.2, 0.25) is 0 Å². The molecule has 0 unspecified atom stereocenters. The molecule has 2 aliphatic rings. The number of benzene rings is 2. The molecule has 4 rings (SSSR count). The topological polar surface area (TPSA) is 99.0 Å². The average Bonchev–Trinajstić information content (AvgIpc) is 2.70. The number of esters is 1. The van der Waals surface area contributed by atoms with E-state index in [-0.39, 0.29) is 42.0 Å². The highest BCUT2D eigenvalue weighted by Gasteiger charge is 2.57. The summed E-state index contributed by atoms with van der Waals surface area (Å²) in [6.07, 6.45) is -0.0276. The van der Waals surface area contributed by atoms with E-state index >= 15 is 0 Å². The van der Waals surface area contributed by atoms with Crippen molar-refractivity contribution >= 4 is 17.7 Å². The molecule has 1 aliphatic carbocycles. The Morgan fingerprint density at radius 1 is 1.11 bits per heavy atom. The van der Waals surface area contributed by atoms with Gasteiger partial charge in [-0.25, -0.2) is 9.59 Å². The fourth-order valence-corrected chi connectivity index (χ4v) is 3.53. The number of amides is 1. The number of nitrogens with zero attached hydrogens (tertiary/aromatic N) is 2. The van der Waals surface area contributed by atoms with Gasteiger partial charge in [0.25, 0.3) is 5.69 Å². The van der Waals surface area contributed by atoms with Crippen molar-refractivity contribution in [1.82, 2.24) is 4.90 Å². The van der Waals surface area contributed by atoms with Crippen LogP contribution >= 0.6 is 0 Å². The predicted molar refractivity (Wildman–Crippen MR) is 97.5 cm³/mol. The van der Waals surface area contributed by atoms with E-state index in [1.807, 2.05) is 30.3 Å². The normalized spacial score (nSPS) is 22.3. The number of carbonyl (C=O) groups excluding carboxylic acids is 2. The molecule has 8 heteroatoms. The fraction of sp³-hybridized carbons (Fsp3) is 0.300. The molecule has 2 aromatic carbocycles. The fourth-order valence-electron chi connectivity index (χ4n) is 3.53. The summed E-state index contributed by atoms with van der Waals surface area (Å²) in [5.41, 5.74) is 1.12. The number of likely N-dealkylation sites (tertiary alicyclic amines) is 1. The number of rotatable bonds is 5. The number of nitro groups is 1. The first-order valence-electron chi connectivity index (χ1n) is 8.95.